The molecule has 0 aromatic heterocycles. The molecule has 156 valence electrons. The fourth-order valence-corrected chi connectivity index (χ4v) is 4.15. The van der Waals surface area contributed by atoms with E-state index >= 15 is 0 Å². The van der Waals surface area contributed by atoms with Crippen LogP contribution in [-0.2, 0) is 4.79 Å². The van der Waals surface area contributed by atoms with Crippen molar-refractivity contribution in [3.8, 4) is 5.75 Å². The fourth-order valence-electron chi connectivity index (χ4n) is 3.82. The van der Waals surface area contributed by atoms with Crippen LogP contribution in [0.15, 0.2) is 61.7 Å². The van der Waals surface area contributed by atoms with E-state index in [1.807, 2.05) is 34.9 Å². The summed E-state index contributed by atoms with van der Waals surface area (Å²) in [5.41, 5.74) is 3.02. The monoisotopic (exact) mass is 424 g/mol. The Morgan fingerprint density at radius 2 is 1.80 bits per heavy atom. The van der Waals surface area contributed by atoms with Gasteiger partial charge in [0.1, 0.15) is 5.75 Å². The number of hydrogen-bond acceptors (Lipinski definition) is 5. The van der Waals surface area contributed by atoms with Gasteiger partial charge in [0, 0.05) is 29.6 Å². The Morgan fingerprint density at radius 3 is 2.37 bits per heavy atom. The molecule has 2 aromatic carbocycles. The Bertz CT molecular complexity index is 988. The molecule has 30 heavy (non-hydrogen) atoms. The van der Waals surface area contributed by atoms with Gasteiger partial charge in [0.2, 0.25) is 0 Å². The van der Waals surface area contributed by atoms with Gasteiger partial charge < -0.3 is 14.5 Å². The molecule has 1 aliphatic rings. The van der Waals surface area contributed by atoms with Crippen LogP contribution in [0.2, 0.25) is 5.02 Å². The number of ketones is 1. The summed E-state index contributed by atoms with van der Waals surface area (Å²) in [7, 11) is 1.57. The van der Waals surface area contributed by atoms with Gasteiger partial charge >= 0.3 is 0 Å². The van der Waals surface area contributed by atoms with Gasteiger partial charge in [-0.1, -0.05) is 36.7 Å². The van der Waals surface area contributed by atoms with Crippen molar-refractivity contribution in [2.75, 3.05) is 30.0 Å². The van der Waals surface area contributed by atoms with Crippen LogP contribution in [-0.4, -0.2) is 38.4 Å². The van der Waals surface area contributed by atoms with Gasteiger partial charge in [-0.3, -0.25) is 9.59 Å². The zero-order valence-electron chi connectivity index (χ0n) is 17.2. The first-order valence-electron chi connectivity index (χ1n) is 9.68. The maximum atomic E-state index is 13.2. The van der Waals surface area contributed by atoms with Crippen LogP contribution in [0.5, 0.6) is 5.75 Å². The number of nitrogens with zero attached hydrogens (tertiary/aromatic N) is 2. The van der Waals surface area contributed by atoms with E-state index in [2.05, 4.69) is 13.2 Å². The van der Waals surface area contributed by atoms with Gasteiger partial charge in [-0.15, -0.1) is 13.2 Å². The van der Waals surface area contributed by atoms with Gasteiger partial charge in [-0.2, -0.15) is 0 Å². The van der Waals surface area contributed by atoms with Crippen molar-refractivity contribution >= 4 is 35.0 Å². The summed E-state index contributed by atoms with van der Waals surface area (Å²) in [4.78, 5) is 28.9. The summed E-state index contributed by atoms with van der Waals surface area (Å²) in [5, 5.41) is 0.489. The molecule has 0 spiro atoms. The number of rotatable bonds is 9. The first kappa shape index (κ1) is 21.7. The molecule has 2 aromatic rings. The standard InChI is InChI=1S/C24H25ClN2O3/c1-5-11-26-21-10-7-17(13-22(21)27(12-6-2)23(26)15-28)24(29)16(3)19-9-8-18(30-4)14-20(19)25/h5-10,13-16,23H,1-2,11-12H2,3-4H3. The van der Waals surface area contributed by atoms with Crippen molar-refractivity contribution in [3.05, 3.63) is 77.9 Å². The number of Topliss-reactive ketones (excluding diaryl/α,β-unsaturated/α-hetero) is 1. The van der Waals surface area contributed by atoms with Gasteiger partial charge in [0.15, 0.2) is 18.2 Å². The lowest BCUT2D eigenvalue weighted by Crippen LogP contribution is -2.44. The first-order chi connectivity index (χ1) is 14.5. The van der Waals surface area contributed by atoms with E-state index in [1.165, 1.54) is 0 Å². The molecule has 0 saturated carbocycles. The second kappa shape index (κ2) is 9.18. The summed E-state index contributed by atoms with van der Waals surface area (Å²) in [5.74, 6) is 0.165. The topological polar surface area (TPSA) is 49.9 Å². The number of anilines is 2. The zero-order chi connectivity index (χ0) is 21.8. The third-order valence-electron chi connectivity index (χ3n) is 5.36. The normalized spacial score (nSPS) is 16.0. The lowest BCUT2D eigenvalue weighted by Gasteiger charge is -2.27. The van der Waals surface area contributed by atoms with E-state index in [1.54, 1.807) is 37.5 Å². The minimum Gasteiger partial charge on any atom is -0.497 e. The Kier molecular flexibility index (Phi) is 6.63. The average molecular weight is 425 g/mol. The molecular formula is C24H25ClN2O3. The molecule has 3 rings (SSSR count). The highest BCUT2D eigenvalue weighted by Crippen LogP contribution is 2.40. The van der Waals surface area contributed by atoms with E-state index in [9.17, 15) is 9.59 Å². The number of benzene rings is 2. The minimum atomic E-state index is -0.463. The smallest absolute Gasteiger partial charge is 0.170 e. The largest absolute Gasteiger partial charge is 0.497 e. The minimum absolute atomic E-state index is 0.0479. The molecule has 1 heterocycles. The molecule has 2 atom stereocenters. The number of hydrogen-bond donors (Lipinski definition) is 0. The zero-order valence-corrected chi connectivity index (χ0v) is 17.9. The van der Waals surface area contributed by atoms with E-state index in [0.29, 0.717) is 29.4 Å². The lowest BCUT2D eigenvalue weighted by molar-refractivity contribution is -0.108. The number of carbonyl (C=O) groups is 2. The van der Waals surface area contributed by atoms with Crippen LogP contribution in [0.25, 0.3) is 0 Å². The van der Waals surface area contributed by atoms with Crippen molar-refractivity contribution < 1.29 is 14.3 Å². The molecule has 0 bridgehead atoms. The molecule has 0 N–H and O–H groups in total. The molecule has 5 nitrogen and oxygen atoms in total. The second-order valence-corrected chi connectivity index (χ2v) is 7.52. The van der Waals surface area contributed by atoms with Crippen molar-refractivity contribution in [1.82, 2.24) is 0 Å². The van der Waals surface area contributed by atoms with Crippen molar-refractivity contribution in [2.24, 2.45) is 0 Å². The Morgan fingerprint density at radius 1 is 1.13 bits per heavy atom. The molecule has 0 saturated heterocycles. The van der Waals surface area contributed by atoms with E-state index < -0.39 is 12.1 Å². The van der Waals surface area contributed by atoms with Crippen LogP contribution in [0.4, 0.5) is 11.4 Å². The van der Waals surface area contributed by atoms with Crippen LogP contribution in [0, 0.1) is 0 Å². The SMILES string of the molecule is C=CCN1c2ccc(C(=O)C(C)c3ccc(OC)cc3Cl)cc2N(CC=C)C1C=O. The highest BCUT2D eigenvalue weighted by Gasteiger charge is 2.35. The van der Waals surface area contributed by atoms with E-state index in [4.69, 9.17) is 16.3 Å². The maximum Gasteiger partial charge on any atom is 0.170 e. The van der Waals surface area contributed by atoms with Gasteiger partial charge in [0.25, 0.3) is 0 Å². The molecule has 0 fully saturated rings. The fraction of sp³-hybridized carbons (Fsp3) is 0.250. The van der Waals surface area contributed by atoms with E-state index in [0.717, 1.165) is 23.2 Å². The van der Waals surface area contributed by atoms with Crippen LogP contribution in [0.1, 0.15) is 28.8 Å². The van der Waals surface area contributed by atoms with Crippen molar-refractivity contribution in [1.29, 1.82) is 0 Å². The molecule has 0 aliphatic carbocycles. The number of halogens is 1. The molecular weight excluding hydrogens is 400 g/mol. The summed E-state index contributed by atoms with van der Waals surface area (Å²) >= 11 is 6.38. The molecule has 2 unspecified atom stereocenters. The highest BCUT2D eigenvalue weighted by atomic mass is 35.5. The predicted octanol–water partition coefficient (Wildman–Crippen LogP) is 4.86. The summed E-state index contributed by atoms with van der Waals surface area (Å²) in [6.45, 7) is 10.4. The maximum absolute atomic E-state index is 13.2. The average Bonchev–Trinajstić information content (AvgIpc) is 3.05. The van der Waals surface area contributed by atoms with Gasteiger partial charge in [0.05, 0.1) is 18.5 Å². The number of fused-ring (bicyclic) bond motifs is 1. The molecule has 0 amide bonds. The molecule has 0 radical (unpaired) electrons. The van der Waals surface area contributed by atoms with Crippen LogP contribution >= 0.6 is 11.6 Å². The van der Waals surface area contributed by atoms with Crippen molar-refractivity contribution in [2.45, 2.75) is 19.0 Å². The number of aldehydes is 1. The number of methoxy groups -OCH3 is 1. The van der Waals surface area contributed by atoms with Crippen LogP contribution in [0.3, 0.4) is 0 Å². The third kappa shape index (κ3) is 3.85. The van der Waals surface area contributed by atoms with Gasteiger partial charge in [-0.05, 0) is 35.9 Å². The summed E-state index contributed by atoms with van der Waals surface area (Å²) < 4.78 is 5.19. The highest BCUT2D eigenvalue weighted by molar-refractivity contribution is 6.32. The van der Waals surface area contributed by atoms with Crippen molar-refractivity contribution in [3.63, 3.8) is 0 Å². The van der Waals surface area contributed by atoms with Crippen LogP contribution < -0.4 is 14.5 Å². The Hall–Kier alpha value is -3.05. The Labute approximate surface area is 182 Å². The summed E-state index contributed by atoms with van der Waals surface area (Å²) in [6.07, 6.45) is 3.93. The first-order valence-corrected chi connectivity index (χ1v) is 10.1. The number of ether oxygens (including phenoxy) is 1. The lowest BCUT2D eigenvalue weighted by atomic mass is 9.91. The van der Waals surface area contributed by atoms with E-state index in [-0.39, 0.29) is 5.78 Å². The molecule has 6 heteroatoms. The Balaban J connectivity index is 1.98. The number of carbonyl (C=O) groups excluding carboxylic acids is 2. The third-order valence-corrected chi connectivity index (χ3v) is 5.69. The quantitative estimate of drug-likeness (QED) is 0.327. The molecule has 1 aliphatic heterocycles. The summed E-state index contributed by atoms with van der Waals surface area (Å²) in [6, 6.07) is 10.8. The predicted molar refractivity (Wildman–Crippen MR) is 122 cm³/mol. The second-order valence-electron chi connectivity index (χ2n) is 7.11. The van der Waals surface area contributed by atoms with Gasteiger partial charge in [-0.25, -0.2) is 0 Å².